The van der Waals surface area contributed by atoms with Crippen LogP contribution in [0.15, 0.2) is 54.7 Å². The standard InChI is InChI=1S/C22H22N4O2/c1-27-21-5-3-2-4-19(21)20-14-26-13-18(28-15-22(26)25-20)12-24-11-17-8-6-16(10-23)7-9-17/h2-9,14,18,24H,11-13,15H2,1H3/t18-/m0/s1. The lowest BCUT2D eigenvalue weighted by Gasteiger charge is -2.24. The Hall–Kier alpha value is -3.14. The Morgan fingerprint density at radius 3 is 2.86 bits per heavy atom. The van der Waals surface area contributed by atoms with E-state index in [1.54, 1.807) is 7.11 Å². The normalized spacial score (nSPS) is 15.6. The maximum Gasteiger partial charge on any atom is 0.135 e. The summed E-state index contributed by atoms with van der Waals surface area (Å²) in [5.41, 5.74) is 3.72. The zero-order valence-electron chi connectivity index (χ0n) is 15.8. The van der Waals surface area contributed by atoms with Gasteiger partial charge < -0.3 is 19.4 Å². The molecule has 28 heavy (non-hydrogen) atoms. The molecule has 1 aliphatic heterocycles. The third kappa shape index (κ3) is 3.91. The van der Waals surface area contributed by atoms with Gasteiger partial charge in [-0.3, -0.25) is 0 Å². The molecule has 1 aromatic heterocycles. The third-order valence-corrected chi connectivity index (χ3v) is 4.87. The maximum absolute atomic E-state index is 8.86. The van der Waals surface area contributed by atoms with Crippen LogP contribution >= 0.6 is 0 Å². The van der Waals surface area contributed by atoms with Crippen molar-refractivity contribution in [3.05, 3.63) is 71.7 Å². The lowest BCUT2D eigenvalue weighted by atomic mass is 10.1. The van der Waals surface area contributed by atoms with E-state index in [0.717, 1.165) is 48.0 Å². The van der Waals surface area contributed by atoms with E-state index in [1.807, 2.05) is 48.5 Å². The van der Waals surface area contributed by atoms with E-state index in [1.165, 1.54) is 0 Å². The molecule has 6 nitrogen and oxygen atoms in total. The number of aromatic nitrogens is 2. The highest BCUT2D eigenvalue weighted by Crippen LogP contribution is 2.30. The molecule has 3 aromatic rings. The second kappa shape index (κ2) is 8.26. The van der Waals surface area contributed by atoms with Crippen LogP contribution in [0.5, 0.6) is 5.75 Å². The molecule has 0 spiro atoms. The Kier molecular flexibility index (Phi) is 5.38. The zero-order chi connectivity index (χ0) is 19.3. The quantitative estimate of drug-likeness (QED) is 0.718. The minimum Gasteiger partial charge on any atom is -0.496 e. The van der Waals surface area contributed by atoms with Crippen molar-refractivity contribution in [2.75, 3.05) is 13.7 Å². The van der Waals surface area contributed by atoms with Gasteiger partial charge in [0.25, 0.3) is 0 Å². The highest BCUT2D eigenvalue weighted by Gasteiger charge is 2.21. The van der Waals surface area contributed by atoms with E-state index in [9.17, 15) is 0 Å². The van der Waals surface area contributed by atoms with E-state index >= 15 is 0 Å². The molecule has 1 N–H and O–H groups in total. The van der Waals surface area contributed by atoms with E-state index in [0.29, 0.717) is 12.2 Å². The van der Waals surface area contributed by atoms with Crippen molar-refractivity contribution in [3.63, 3.8) is 0 Å². The summed E-state index contributed by atoms with van der Waals surface area (Å²) >= 11 is 0. The molecule has 1 atom stereocenters. The average Bonchev–Trinajstić information content (AvgIpc) is 3.17. The number of nitriles is 1. The molecule has 2 aromatic carbocycles. The number of para-hydroxylation sites is 1. The minimum atomic E-state index is 0.0885. The Morgan fingerprint density at radius 2 is 2.07 bits per heavy atom. The molecule has 142 valence electrons. The van der Waals surface area contributed by atoms with Gasteiger partial charge in [-0.1, -0.05) is 24.3 Å². The lowest BCUT2D eigenvalue weighted by Crippen LogP contribution is -2.35. The van der Waals surface area contributed by atoms with Gasteiger partial charge in [0.05, 0.1) is 37.1 Å². The summed E-state index contributed by atoms with van der Waals surface area (Å²) in [5.74, 6) is 1.75. The summed E-state index contributed by atoms with van der Waals surface area (Å²) in [6.07, 6.45) is 2.16. The summed E-state index contributed by atoms with van der Waals surface area (Å²) in [6, 6.07) is 17.7. The fourth-order valence-corrected chi connectivity index (χ4v) is 3.38. The first kappa shape index (κ1) is 18.2. The van der Waals surface area contributed by atoms with Gasteiger partial charge in [-0.15, -0.1) is 0 Å². The SMILES string of the molecule is COc1ccccc1-c1cn2c(n1)CO[C@@H](CNCc1ccc(C#N)cc1)C2. The van der Waals surface area contributed by atoms with Crippen LogP contribution in [0.2, 0.25) is 0 Å². The number of ether oxygens (including phenoxy) is 2. The van der Waals surface area contributed by atoms with Gasteiger partial charge in [-0.25, -0.2) is 4.98 Å². The van der Waals surface area contributed by atoms with Crippen LogP contribution in [0.25, 0.3) is 11.3 Å². The van der Waals surface area contributed by atoms with Crippen molar-refractivity contribution in [1.82, 2.24) is 14.9 Å². The number of fused-ring (bicyclic) bond motifs is 1. The summed E-state index contributed by atoms with van der Waals surface area (Å²) in [5, 5.41) is 12.3. The van der Waals surface area contributed by atoms with Crippen molar-refractivity contribution in [1.29, 1.82) is 5.26 Å². The number of nitrogens with one attached hydrogen (secondary N) is 1. The predicted octanol–water partition coefficient (Wildman–Crippen LogP) is 3.12. The van der Waals surface area contributed by atoms with Crippen LogP contribution < -0.4 is 10.1 Å². The molecule has 0 unspecified atom stereocenters. The molecule has 2 heterocycles. The number of methoxy groups -OCH3 is 1. The topological polar surface area (TPSA) is 72.1 Å². The van der Waals surface area contributed by atoms with Crippen LogP contribution in [0.4, 0.5) is 0 Å². The molecular formula is C22H22N4O2. The van der Waals surface area contributed by atoms with Gasteiger partial charge >= 0.3 is 0 Å². The molecule has 0 aliphatic carbocycles. The van der Waals surface area contributed by atoms with Crippen LogP contribution in [-0.2, 0) is 24.4 Å². The van der Waals surface area contributed by atoms with Crippen LogP contribution in [0.1, 0.15) is 17.0 Å². The molecule has 6 heteroatoms. The molecule has 0 radical (unpaired) electrons. The third-order valence-electron chi connectivity index (χ3n) is 4.87. The molecule has 1 aliphatic rings. The van der Waals surface area contributed by atoms with E-state index < -0.39 is 0 Å². The Labute approximate surface area is 164 Å². The molecule has 0 saturated heterocycles. The number of nitrogens with zero attached hydrogens (tertiary/aromatic N) is 3. The summed E-state index contributed by atoms with van der Waals surface area (Å²) in [6.45, 7) is 2.76. The second-order valence-corrected chi connectivity index (χ2v) is 6.77. The van der Waals surface area contributed by atoms with Crippen LogP contribution in [0.3, 0.4) is 0 Å². The first-order valence-electron chi connectivity index (χ1n) is 9.27. The highest BCUT2D eigenvalue weighted by atomic mass is 16.5. The number of rotatable bonds is 6. The van der Waals surface area contributed by atoms with Crippen molar-refractivity contribution in [2.24, 2.45) is 0 Å². The molecule has 0 saturated carbocycles. The lowest BCUT2D eigenvalue weighted by molar-refractivity contribution is 0.00278. The Bertz CT molecular complexity index is 989. The number of benzene rings is 2. The summed E-state index contributed by atoms with van der Waals surface area (Å²) in [4.78, 5) is 4.72. The molecule has 0 fully saturated rings. The summed E-state index contributed by atoms with van der Waals surface area (Å²) < 4.78 is 13.6. The largest absolute Gasteiger partial charge is 0.496 e. The monoisotopic (exact) mass is 374 g/mol. The fourth-order valence-electron chi connectivity index (χ4n) is 3.38. The number of hydrogen-bond acceptors (Lipinski definition) is 5. The van der Waals surface area contributed by atoms with E-state index in [-0.39, 0.29) is 6.10 Å². The maximum atomic E-state index is 8.86. The Morgan fingerprint density at radius 1 is 1.25 bits per heavy atom. The predicted molar refractivity (Wildman–Crippen MR) is 106 cm³/mol. The second-order valence-electron chi connectivity index (χ2n) is 6.77. The van der Waals surface area contributed by atoms with Crippen molar-refractivity contribution < 1.29 is 9.47 Å². The zero-order valence-corrected chi connectivity index (χ0v) is 15.8. The molecule has 0 amide bonds. The number of imidazole rings is 1. The van der Waals surface area contributed by atoms with Gasteiger partial charge in [0.1, 0.15) is 18.2 Å². The van der Waals surface area contributed by atoms with Crippen molar-refractivity contribution in [3.8, 4) is 23.1 Å². The smallest absolute Gasteiger partial charge is 0.135 e. The highest BCUT2D eigenvalue weighted by molar-refractivity contribution is 5.66. The molecular weight excluding hydrogens is 352 g/mol. The van der Waals surface area contributed by atoms with Crippen molar-refractivity contribution >= 4 is 0 Å². The molecule has 4 rings (SSSR count). The summed E-state index contributed by atoms with van der Waals surface area (Å²) in [7, 11) is 1.67. The average molecular weight is 374 g/mol. The van der Waals surface area contributed by atoms with Crippen LogP contribution in [-0.4, -0.2) is 29.3 Å². The van der Waals surface area contributed by atoms with E-state index in [4.69, 9.17) is 19.7 Å². The number of hydrogen-bond donors (Lipinski definition) is 1. The van der Waals surface area contributed by atoms with Crippen molar-refractivity contribution in [2.45, 2.75) is 25.8 Å². The first-order chi connectivity index (χ1) is 13.8. The van der Waals surface area contributed by atoms with Gasteiger partial charge in [-0.2, -0.15) is 5.26 Å². The Balaban J connectivity index is 1.37. The van der Waals surface area contributed by atoms with Gasteiger partial charge in [0.2, 0.25) is 0 Å². The van der Waals surface area contributed by atoms with Gasteiger partial charge in [0, 0.05) is 24.8 Å². The fraction of sp³-hybridized carbons (Fsp3) is 0.273. The minimum absolute atomic E-state index is 0.0885. The first-order valence-corrected chi connectivity index (χ1v) is 9.27. The van der Waals surface area contributed by atoms with E-state index in [2.05, 4.69) is 22.1 Å². The van der Waals surface area contributed by atoms with Gasteiger partial charge in [-0.05, 0) is 29.8 Å². The van der Waals surface area contributed by atoms with Gasteiger partial charge in [0.15, 0.2) is 0 Å². The molecule has 0 bridgehead atoms. The van der Waals surface area contributed by atoms with Crippen LogP contribution in [0, 0.1) is 11.3 Å².